The number of hydrogen-bond donors (Lipinski definition) is 2. The largest absolute Gasteiger partial charge is 0.495 e. The molecule has 138 valence electrons. The lowest BCUT2D eigenvalue weighted by Gasteiger charge is -2.37. The van der Waals surface area contributed by atoms with Gasteiger partial charge in [-0.05, 0) is 30.8 Å². The second-order valence-electron chi connectivity index (χ2n) is 6.60. The molecule has 1 unspecified atom stereocenters. The van der Waals surface area contributed by atoms with Crippen LogP contribution in [-0.4, -0.2) is 56.0 Å². The fraction of sp³-hybridized carbons (Fsp3) is 0.350. The third-order valence-corrected chi connectivity index (χ3v) is 4.76. The Balaban J connectivity index is 1.82. The zero-order valence-corrected chi connectivity index (χ0v) is 15.3. The molecule has 0 aromatic heterocycles. The predicted molar refractivity (Wildman–Crippen MR) is 104 cm³/mol. The summed E-state index contributed by atoms with van der Waals surface area (Å²) in [5, 5.41) is 3.01. The van der Waals surface area contributed by atoms with Crippen molar-refractivity contribution in [3.8, 4) is 5.75 Å². The molecule has 6 heteroatoms. The van der Waals surface area contributed by atoms with Gasteiger partial charge in [-0.2, -0.15) is 0 Å². The minimum atomic E-state index is -0.326. The fourth-order valence-electron chi connectivity index (χ4n) is 3.27. The lowest BCUT2D eigenvalue weighted by Crippen LogP contribution is -2.48. The van der Waals surface area contributed by atoms with Crippen molar-refractivity contribution in [2.75, 3.05) is 51.4 Å². The fourth-order valence-corrected chi connectivity index (χ4v) is 3.27. The molecule has 26 heavy (non-hydrogen) atoms. The SMILES string of the molecule is COc1ccc(NC(=O)C(c2ccccc2)N2CCN(C)CC2)cc1N. The van der Waals surface area contributed by atoms with E-state index in [0.29, 0.717) is 17.1 Å². The molecule has 0 radical (unpaired) electrons. The first-order valence-electron chi connectivity index (χ1n) is 8.80. The Labute approximate surface area is 154 Å². The van der Waals surface area contributed by atoms with Gasteiger partial charge in [0.2, 0.25) is 5.91 Å². The number of likely N-dealkylation sites (N-methyl/N-ethyl adjacent to an activating group) is 1. The Bertz CT molecular complexity index is 743. The monoisotopic (exact) mass is 354 g/mol. The highest BCUT2D eigenvalue weighted by Crippen LogP contribution is 2.27. The maximum absolute atomic E-state index is 13.1. The number of benzene rings is 2. The highest BCUT2D eigenvalue weighted by atomic mass is 16.5. The smallest absolute Gasteiger partial charge is 0.246 e. The molecule has 1 fully saturated rings. The molecule has 0 aliphatic carbocycles. The van der Waals surface area contributed by atoms with E-state index < -0.39 is 0 Å². The molecule has 0 bridgehead atoms. The molecule has 1 heterocycles. The van der Waals surface area contributed by atoms with E-state index in [2.05, 4.69) is 22.2 Å². The van der Waals surface area contributed by atoms with E-state index in [0.717, 1.165) is 31.7 Å². The van der Waals surface area contributed by atoms with Gasteiger partial charge in [-0.25, -0.2) is 0 Å². The Morgan fingerprint density at radius 2 is 1.81 bits per heavy atom. The minimum absolute atomic E-state index is 0.0506. The molecule has 3 rings (SSSR count). The van der Waals surface area contributed by atoms with Crippen molar-refractivity contribution in [3.63, 3.8) is 0 Å². The van der Waals surface area contributed by atoms with Crippen molar-refractivity contribution in [2.24, 2.45) is 0 Å². The highest BCUT2D eigenvalue weighted by Gasteiger charge is 2.29. The number of nitrogen functional groups attached to an aromatic ring is 1. The number of ether oxygens (including phenoxy) is 1. The van der Waals surface area contributed by atoms with Crippen molar-refractivity contribution in [3.05, 3.63) is 54.1 Å². The number of methoxy groups -OCH3 is 1. The molecular weight excluding hydrogens is 328 g/mol. The van der Waals surface area contributed by atoms with Gasteiger partial charge in [-0.3, -0.25) is 9.69 Å². The number of rotatable bonds is 5. The zero-order valence-electron chi connectivity index (χ0n) is 15.3. The molecule has 0 saturated carbocycles. The average molecular weight is 354 g/mol. The topological polar surface area (TPSA) is 70.8 Å². The summed E-state index contributed by atoms with van der Waals surface area (Å²) in [5.41, 5.74) is 8.13. The molecule has 2 aromatic carbocycles. The molecule has 1 aliphatic heterocycles. The Morgan fingerprint density at radius 1 is 1.12 bits per heavy atom. The lowest BCUT2D eigenvalue weighted by molar-refractivity contribution is -0.122. The van der Waals surface area contributed by atoms with Crippen LogP contribution in [0.5, 0.6) is 5.75 Å². The van der Waals surface area contributed by atoms with E-state index in [1.165, 1.54) is 0 Å². The number of nitrogens with two attached hydrogens (primary N) is 1. The second kappa shape index (κ2) is 8.21. The molecule has 1 atom stereocenters. The van der Waals surface area contributed by atoms with Crippen LogP contribution in [0.3, 0.4) is 0 Å². The molecule has 1 aliphatic rings. The third kappa shape index (κ3) is 4.15. The minimum Gasteiger partial charge on any atom is -0.495 e. The number of anilines is 2. The van der Waals surface area contributed by atoms with Crippen LogP contribution in [0.25, 0.3) is 0 Å². The van der Waals surface area contributed by atoms with Crippen LogP contribution in [0.4, 0.5) is 11.4 Å². The quantitative estimate of drug-likeness (QED) is 0.806. The van der Waals surface area contributed by atoms with E-state index >= 15 is 0 Å². The van der Waals surface area contributed by atoms with Crippen molar-refractivity contribution in [1.82, 2.24) is 9.80 Å². The number of nitrogens with zero attached hydrogens (tertiary/aromatic N) is 2. The highest BCUT2D eigenvalue weighted by molar-refractivity contribution is 5.96. The Kier molecular flexibility index (Phi) is 5.75. The van der Waals surface area contributed by atoms with Gasteiger partial charge in [0.25, 0.3) is 0 Å². The maximum atomic E-state index is 13.1. The molecule has 6 nitrogen and oxygen atoms in total. The number of piperazine rings is 1. The van der Waals surface area contributed by atoms with E-state index in [4.69, 9.17) is 10.5 Å². The molecular formula is C20H26N4O2. The summed E-state index contributed by atoms with van der Waals surface area (Å²) in [4.78, 5) is 17.6. The van der Waals surface area contributed by atoms with Crippen LogP contribution in [0.15, 0.2) is 48.5 Å². The van der Waals surface area contributed by atoms with Crippen molar-refractivity contribution in [1.29, 1.82) is 0 Å². The van der Waals surface area contributed by atoms with Gasteiger partial charge in [0, 0.05) is 31.9 Å². The third-order valence-electron chi connectivity index (χ3n) is 4.76. The lowest BCUT2D eigenvalue weighted by atomic mass is 10.0. The van der Waals surface area contributed by atoms with Gasteiger partial charge < -0.3 is 20.7 Å². The summed E-state index contributed by atoms with van der Waals surface area (Å²) < 4.78 is 5.18. The van der Waals surface area contributed by atoms with E-state index in [1.54, 1.807) is 25.3 Å². The molecule has 0 spiro atoms. The summed E-state index contributed by atoms with van der Waals surface area (Å²) in [7, 11) is 3.68. The van der Waals surface area contributed by atoms with Crippen LogP contribution < -0.4 is 15.8 Å². The number of amides is 1. The summed E-state index contributed by atoms with van der Waals surface area (Å²) in [6.45, 7) is 3.61. The second-order valence-corrected chi connectivity index (χ2v) is 6.60. The number of carbonyl (C=O) groups excluding carboxylic acids is 1. The molecule has 1 amide bonds. The normalized spacial score (nSPS) is 16.8. The summed E-state index contributed by atoms with van der Waals surface area (Å²) >= 11 is 0. The van der Waals surface area contributed by atoms with Gasteiger partial charge in [0.1, 0.15) is 11.8 Å². The van der Waals surface area contributed by atoms with Crippen LogP contribution >= 0.6 is 0 Å². The Morgan fingerprint density at radius 3 is 2.42 bits per heavy atom. The number of carbonyl (C=O) groups is 1. The van der Waals surface area contributed by atoms with Gasteiger partial charge >= 0.3 is 0 Å². The van der Waals surface area contributed by atoms with Gasteiger partial charge in [0.05, 0.1) is 12.8 Å². The summed E-state index contributed by atoms with van der Waals surface area (Å²) in [6, 6.07) is 14.9. The average Bonchev–Trinajstić information content (AvgIpc) is 2.65. The molecule has 2 aromatic rings. The first-order valence-corrected chi connectivity index (χ1v) is 8.80. The van der Waals surface area contributed by atoms with Crippen LogP contribution in [0, 0.1) is 0 Å². The van der Waals surface area contributed by atoms with Crippen LogP contribution in [0.2, 0.25) is 0 Å². The summed E-state index contributed by atoms with van der Waals surface area (Å²) in [5.74, 6) is 0.548. The Hall–Kier alpha value is -2.57. The van der Waals surface area contributed by atoms with E-state index in [1.807, 2.05) is 30.3 Å². The van der Waals surface area contributed by atoms with Gasteiger partial charge in [-0.15, -0.1) is 0 Å². The number of hydrogen-bond acceptors (Lipinski definition) is 5. The number of nitrogens with one attached hydrogen (secondary N) is 1. The van der Waals surface area contributed by atoms with E-state index in [9.17, 15) is 4.79 Å². The van der Waals surface area contributed by atoms with Crippen molar-refractivity contribution < 1.29 is 9.53 Å². The van der Waals surface area contributed by atoms with E-state index in [-0.39, 0.29) is 11.9 Å². The maximum Gasteiger partial charge on any atom is 0.246 e. The van der Waals surface area contributed by atoms with Crippen LogP contribution in [0.1, 0.15) is 11.6 Å². The van der Waals surface area contributed by atoms with Crippen LogP contribution in [-0.2, 0) is 4.79 Å². The van der Waals surface area contributed by atoms with Gasteiger partial charge in [-0.1, -0.05) is 30.3 Å². The first kappa shape index (κ1) is 18.2. The van der Waals surface area contributed by atoms with Crippen molar-refractivity contribution >= 4 is 17.3 Å². The zero-order chi connectivity index (χ0) is 18.5. The predicted octanol–water partition coefficient (Wildman–Crippen LogP) is 2.20. The summed E-state index contributed by atoms with van der Waals surface area (Å²) in [6.07, 6.45) is 0. The molecule has 1 saturated heterocycles. The molecule has 3 N–H and O–H groups in total. The first-order chi connectivity index (χ1) is 12.6. The van der Waals surface area contributed by atoms with Crippen molar-refractivity contribution in [2.45, 2.75) is 6.04 Å². The van der Waals surface area contributed by atoms with Gasteiger partial charge in [0.15, 0.2) is 0 Å². The standard InChI is InChI=1S/C20H26N4O2/c1-23-10-12-24(13-11-23)19(15-6-4-3-5-7-15)20(25)22-16-8-9-18(26-2)17(21)14-16/h3-9,14,19H,10-13,21H2,1-2H3,(H,22,25).